The number of fused-ring (bicyclic) bond motifs is 1. The number of ketones is 1. The van der Waals surface area contributed by atoms with E-state index in [0.717, 1.165) is 0 Å². The Labute approximate surface area is 149 Å². The first kappa shape index (κ1) is 17.4. The number of anilines is 1. The molecule has 0 bridgehead atoms. The van der Waals surface area contributed by atoms with E-state index in [9.17, 15) is 9.59 Å². The van der Waals surface area contributed by atoms with E-state index in [2.05, 4.69) is 34.7 Å². The van der Waals surface area contributed by atoms with Crippen LogP contribution in [0.4, 0.5) is 5.69 Å². The summed E-state index contributed by atoms with van der Waals surface area (Å²) < 4.78 is 7.02. The summed E-state index contributed by atoms with van der Waals surface area (Å²) in [7, 11) is 0. The molecule has 0 aliphatic carbocycles. The molecule has 9 heteroatoms. The third-order valence-corrected chi connectivity index (χ3v) is 4.66. The Bertz CT molecular complexity index is 805. The summed E-state index contributed by atoms with van der Waals surface area (Å²) in [5.74, 6) is 0.676. The maximum Gasteiger partial charge on any atom is 0.262 e. The van der Waals surface area contributed by atoms with Crippen LogP contribution in [-0.4, -0.2) is 43.8 Å². The van der Waals surface area contributed by atoms with Gasteiger partial charge in [0.2, 0.25) is 5.16 Å². The Morgan fingerprint density at radius 2 is 2.20 bits per heavy atom. The topological polar surface area (TPSA) is 99.0 Å². The van der Waals surface area contributed by atoms with Gasteiger partial charge in [-0.05, 0) is 41.5 Å². The zero-order chi connectivity index (χ0) is 18.0. The van der Waals surface area contributed by atoms with Gasteiger partial charge in [0.1, 0.15) is 5.75 Å². The molecule has 0 radical (unpaired) electrons. The maximum absolute atomic E-state index is 12.7. The summed E-state index contributed by atoms with van der Waals surface area (Å²) >= 11 is 1.32. The highest BCUT2D eigenvalue weighted by atomic mass is 32.2. The summed E-state index contributed by atoms with van der Waals surface area (Å²) in [6.45, 7) is 6.65. The number of carbonyl (C=O) groups excluding carboxylic acids is 2. The van der Waals surface area contributed by atoms with Gasteiger partial charge in [-0.1, -0.05) is 25.6 Å². The number of nitrogens with one attached hydrogen (secondary N) is 1. The van der Waals surface area contributed by atoms with Crippen LogP contribution in [0.3, 0.4) is 0 Å². The fourth-order valence-corrected chi connectivity index (χ4v) is 3.30. The van der Waals surface area contributed by atoms with Crippen molar-refractivity contribution in [3.05, 3.63) is 23.8 Å². The van der Waals surface area contributed by atoms with Gasteiger partial charge in [0.05, 0.1) is 10.9 Å². The molecule has 0 fully saturated rings. The monoisotopic (exact) mass is 361 g/mol. The standard InChI is InChI=1S/C16H19N5O3S/c1-9(2)7-21-16(18-19-20-21)25-10(3)15(23)11-4-5-13-12(6-11)17-14(22)8-24-13/h4-6,9-10H,7-8H2,1-3H3,(H,17,22). The van der Waals surface area contributed by atoms with Gasteiger partial charge >= 0.3 is 0 Å². The number of rotatable bonds is 6. The smallest absolute Gasteiger partial charge is 0.262 e. The number of thioether (sulfide) groups is 1. The first-order chi connectivity index (χ1) is 11.9. The van der Waals surface area contributed by atoms with E-state index >= 15 is 0 Å². The summed E-state index contributed by atoms with van der Waals surface area (Å²) in [6, 6.07) is 5.04. The summed E-state index contributed by atoms with van der Waals surface area (Å²) in [6.07, 6.45) is 0. The van der Waals surface area contributed by atoms with E-state index in [-0.39, 0.29) is 23.5 Å². The van der Waals surface area contributed by atoms with Crippen molar-refractivity contribution < 1.29 is 14.3 Å². The Kier molecular flexibility index (Phi) is 5.03. The van der Waals surface area contributed by atoms with E-state index in [1.807, 2.05) is 6.92 Å². The van der Waals surface area contributed by atoms with E-state index in [1.165, 1.54) is 11.8 Å². The second kappa shape index (κ2) is 7.22. The summed E-state index contributed by atoms with van der Waals surface area (Å²) in [5.41, 5.74) is 1.02. The number of ether oxygens (including phenoxy) is 1. The molecule has 2 aromatic rings. The SMILES string of the molecule is CC(C)Cn1nnnc1SC(C)C(=O)c1ccc2c(c1)NC(=O)CO2. The molecule has 1 N–H and O–H groups in total. The molecule has 1 unspecified atom stereocenters. The van der Waals surface area contributed by atoms with Crippen LogP contribution >= 0.6 is 11.8 Å². The van der Waals surface area contributed by atoms with Gasteiger partial charge in [-0.2, -0.15) is 0 Å². The number of Topliss-reactive ketones (excluding diaryl/α,β-unsaturated/α-hetero) is 1. The van der Waals surface area contributed by atoms with E-state index in [4.69, 9.17) is 4.74 Å². The van der Waals surface area contributed by atoms with Gasteiger partial charge in [0.25, 0.3) is 5.91 Å². The highest BCUT2D eigenvalue weighted by Crippen LogP contribution is 2.30. The minimum absolute atomic E-state index is 0.00887. The molecule has 3 rings (SSSR count). The molecular formula is C16H19N5O3S. The summed E-state index contributed by atoms with van der Waals surface area (Å²) in [5, 5.41) is 14.6. The second-order valence-electron chi connectivity index (χ2n) is 6.21. The minimum Gasteiger partial charge on any atom is -0.482 e. The number of benzene rings is 1. The molecule has 2 heterocycles. The fourth-order valence-electron chi connectivity index (χ4n) is 2.42. The molecule has 1 aliphatic heterocycles. The lowest BCUT2D eigenvalue weighted by Crippen LogP contribution is -2.25. The maximum atomic E-state index is 12.7. The van der Waals surface area contributed by atoms with Gasteiger partial charge < -0.3 is 10.1 Å². The van der Waals surface area contributed by atoms with Crippen LogP contribution in [0.15, 0.2) is 23.4 Å². The van der Waals surface area contributed by atoms with Crippen molar-refractivity contribution >= 4 is 29.1 Å². The highest BCUT2D eigenvalue weighted by molar-refractivity contribution is 8.00. The Morgan fingerprint density at radius 1 is 1.40 bits per heavy atom. The van der Waals surface area contributed by atoms with Crippen LogP contribution in [0.1, 0.15) is 31.1 Å². The number of hydrogen-bond acceptors (Lipinski definition) is 7. The highest BCUT2D eigenvalue weighted by Gasteiger charge is 2.23. The zero-order valence-corrected chi connectivity index (χ0v) is 15.0. The quantitative estimate of drug-likeness (QED) is 0.621. The van der Waals surface area contributed by atoms with Crippen LogP contribution in [0.2, 0.25) is 0 Å². The molecule has 132 valence electrons. The Morgan fingerprint density at radius 3 is 2.96 bits per heavy atom. The lowest BCUT2D eigenvalue weighted by molar-refractivity contribution is -0.118. The number of aromatic nitrogens is 4. The minimum atomic E-state index is -0.366. The molecule has 1 amide bonds. The van der Waals surface area contributed by atoms with Gasteiger partial charge in [-0.3, -0.25) is 9.59 Å². The van der Waals surface area contributed by atoms with Crippen molar-refractivity contribution in [3.63, 3.8) is 0 Å². The first-order valence-electron chi connectivity index (χ1n) is 7.97. The number of carbonyl (C=O) groups is 2. The zero-order valence-electron chi connectivity index (χ0n) is 14.2. The molecule has 0 saturated heterocycles. The van der Waals surface area contributed by atoms with Gasteiger partial charge in [-0.25, -0.2) is 4.68 Å². The predicted molar refractivity (Wildman–Crippen MR) is 92.9 cm³/mol. The third-order valence-electron chi connectivity index (χ3n) is 3.59. The van der Waals surface area contributed by atoms with Crippen molar-refractivity contribution in [1.82, 2.24) is 20.2 Å². The van der Waals surface area contributed by atoms with Crippen LogP contribution in [-0.2, 0) is 11.3 Å². The first-order valence-corrected chi connectivity index (χ1v) is 8.85. The average molecular weight is 361 g/mol. The van der Waals surface area contributed by atoms with Crippen LogP contribution in [0.5, 0.6) is 5.75 Å². The van der Waals surface area contributed by atoms with E-state index < -0.39 is 0 Å². The number of hydrogen-bond donors (Lipinski definition) is 1. The van der Waals surface area contributed by atoms with Crippen molar-refractivity contribution in [2.75, 3.05) is 11.9 Å². The van der Waals surface area contributed by atoms with Crippen LogP contribution < -0.4 is 10.1 Å². The Balaban J connectivity index is 1.74. The molecule has 1 aliphatic rings. The van der Waals surface area contributed by atoms with Crippen molar-refractivity contribution in [1.29, 1.82) is 0 Å². The molecule has 0 spiro atoms. The molecule has 1 atom stereocenters. The Hall–Kier alpha value is -2.42. The largest absolute Gasteiger partial charge is 0.482 e. The fraction of sp³-hybridized carbons (Fsp3) is 0.438. The van der Waals surface area contributed by atoms with E-state index in [0.29, 0.717) is 34.6 Å². The number of amides is 1. The summed E-state index contributed by atoms with van der Waals surface area (Å²) in [4.78, 5) is 24.1. The lowest BCUT2D eigenvalue weighted by Gasteiger charge is -2.19. The predicted octanol–water partition coefficient (Wildman–Crippen LogP) is 2.02. The molecule has 25 heavy (non-hydrogen) atoms. The van der Waals surface area contributed by atoms with Crippen LogP contribution in [0, 0.1) is 5.92 Å². The van der Waals surface area contributed by atoms with Gasteiger partial charge in [-0.15, -0.1) is 5.10 Å². The van der Waals surface area contributed by atoms with Gasteiger partial charge in [0.15, 0.2) is 12.4 Å². The molecule has 8 nitrogen and oxygen atoms in total. The number of nitrogens with zero attached hydrogens (tertiary/aromatic N) is 4. The van der Waals surface area contributed by atoms with Crippen molar-refractivity contribution in [3.8, 4) is 5.75 Å². The van der Waals surface area contributed by atoms with Gasteiger partial charge in [0, 0.05) is 12.1 Å². The molecular weight excluding hydrogens is 342 g/mol. The second-order valence-corrected chi connectivity index (χ2v) is 7.52. The van der Waals surface area contributed by atoms with Crippen LogP contribution in [0.25, 0.3) is 0 Å². The molecule has 0 saturated carbocycles. The average Bonchev–Trinajstić information content (AvgIpc) is 2.99. The van der Waals surface area contributed by atoms with E-state index in [1.54, 1.807) is 22.9 Å². The number of tetrazole rings is 1. The third kappa shape index (κ3) is 3.98. The normalized spacial score (nSPS) is 14.6. The molecule has 1 aromatic heterocycles. The van der Waals surface area contributed by atoms with Crippen molar-refractivity contribution in [2.45, 2.75) is 37.7 Å². The van der Waals surface area contributed by atoms with Crippen molar-refractivity contribution in [2.24, 2.45) is 5.92 Å². The molecule has 1 aromatic carbocycles. The lowest BCUT2D eigenvalue weighted by atomic mass is 10.1.